The molecule has 118 valence electrons. The molecule has 2 rings (SSSR count). The van der Waals surface area contributed by atoms with E-state index in [2.05, 4.69) is 31.0 Å². The van der Waals surface area contributed by atoms with Crippen LogP contribution in [0.1, 0.15) is 85.0 Å². The second-order valence-electron chi connectivity index (χ2n) is 7.84. The predicted octanol–water partition coefficient (Wildman–Crippen LogP) is 4.34. The van der Waals surface area contributed by atoms with Crippen LogP contribution >= 0.6 is 0 Å². The number of hydrogen-bond donors (Lipinski definition) is 1. The van der Waals surface area contributed by atoms with E-state index < -0.39 is 0 Å². The number of unbranched alkanes of at least 4 members (excludes halogenated alkanes) is 5. The van der Waals surface area contributed by atoms with Crippen molar-refractivity contribution in [3.63, 3.8) is 0 Å². The van der Waals surface area contributed by atoms with Crippen molar-refractivity contribution < 1.29 is 0 Å². The van der Waals surface area contributed by atoms with Crippen LogP contribution in [-0.4, -0.2) is 35.6 Å². The molecule has 0 unspecified atom stereocenters. The highest BCUT2D eigenvalue weighted by Crippen LogP contribution is 2.35. The average molecular weight is 280 g/mol. The molecule has 0 amide bonds. The first-order chi connectivity index (χ1) is 9.58. The summed E-state index contributed by atoms with van der Waals surface area (Å²) in [6.07, 6.45) is 14.1. The van der Waals surface area contributed by atoms with Gasteiger partial charge in [-0.2, -0.15) is 0 Å². The lowest BCUT2D eigenvalue weighted by Gasteiger charge is -2.51. The van der Waals surface area contributed by atoms with E-state index >= 15 is 0 Å². The molecule has 2 nitrogen and oxygen atoms in total. The molecule has 0 atom stereocenters. The summed E-state index contributed by atoms with van der Waals surface area (Å²) in [4.78, 5) is 2.79. The quantitative estimate of drug-likeness (QED) is 0.698. The highest BCUT2D eigenvalue weighted by atomic mass is 15.3. The van der Waals surface area contributed by atoms with E-state index in [4.69, 9.17) is 0 Å². The number of hydrogen-bond acceptors (Lipinski definition) is 2. The van der Waals surface area contributed by atoms with Gasteiger partial charge in [0, 0.05) is 24.2 Å². The molecule has 0 aromatic heterocycles. The zero-order valence-corrected chi connectivity index (χ0v) is 14.1. The van der Waals surface area contributed by atoms with Gasteiger partial charge in [0.1, 0.15) is 0 Å². The molecule has 0 aromatic rings. The second-order valence-corrected chi connectivity index (χ2v) is 7.84. The Bertz CT molecular complexity index is 279. The van der Waals surface area contributed by atoms with Crippen LogP contribution in [0.25, 0.3) is 0 Å². The standard InChI is InChI=1S/C18H36N2/c1-4-5-6-7-8-11-14-20-16-18(12-9-10-13-18)19-15-17(20,2)3/h19H,4-16H2,1-3H3. The molecular formula is C18H36N2. The minimum absolute atomic E-state index is 0.345. The van der Waals surface area contributed by atoms with Crippen molar-refractivity contribution in [3.8, 4) is 0 Å². The van der Waals surface area contributed by atoms with Crippen molar-refractivity contribution in [3.05, 3.63) is 0 Å². The van der Waals surface area contributed by atoms with Crippen LogP contribution in [0.15, 0.2) is 0 Å². The molecule has 2 heteroatoms. The molecule has 2 aliphatic rings. The second kappa shape index (κ2) is 7.26. The van der Waals surface area contributed by atoms with Crippen molar-refractivity contribution >= 4 is 0 Å². The number of rotatable bonds is 7. The molecule has 20 heavy (non-hydrogen) atoms. The maximum Gasteiger partial charge on any atom is 0.0309 e. The molecule has 1 heterocycles. The van der Waals surface area contributed by atoms with Crippen LogP contribution in [-0.2, 0) is 0 Å². The predicted molar refractivity (Wildman–Crippen MR) is 88.2 cm³/mol. The molecule has 1 N–H and O–H groups in total. The molecule has 0 bridgehead atoms. The van der Waals surface area contributed by atoms with Crippen molar-refractivity contribution in [1.29, 1.82) is 0 Å². The van der Waals surface area contributed by atoms with Gasteiger partial charge in [-0.25, -0.2) is 0 Å². The third kappa shape index (κ3) is 4.21. The molecule has 0 aromatic carbocycles. The van der Waals surface area contributed by atoms with Crippen molar-refractivity contribution in [2.75, 3.05) is 19.6 Å². The van der Waals surface area contributed by atoms with Gasteiger partial charge in [0.15, 0.2) is 0 Å². The third-order valence-corrected chi connectivity index (χ3v) is 5.59. The maximum atomic E-state index is 3.89. The number of nitrogens with zero attached hydrogens (tertiary/aromatic N) is 1. The summed E-state index contributed by atoms with van der Waals surface area (Å²) in [6.45, 7) is 10.9. The minimum atomic E-state index is 0.345. The van der Waals surface area contributed by atoms with Crippen molar-refractivity contribution in [2.45, 2.75) is 96.1 Å². The summed E-state index contributed by atoms with van der Waals surface area (Å²) in [6, 6.07) is 0. The number of nitrogens with one attached hydrogen (secondary N) is 1. The fourth-order valence-electron chi connectivity index (χ4n) is 4.00. The van der Waals surface area contributed by atoms with Gasteiger partial charge in [0.2, 0.25) is 0 Å². The highest BCUT2D eigenvalue weighted by Gasteiger charge is 2.43. The zero-order valence-electron chi connectivity index (χ0n) is 14.1. The molecule has 1 spiro atoms. The summed E-state index contributed by atoms with van der Waals surface area (Å²) in [5.74, 6) is 0. The Morgan fingerprint density at radius 3 is 2.30 bits per heavy atom. The van der Waals surface area contributed by atoms with E-state index in [1.807, 2.05) is 0 Å². The molecule has 1 aliphatic carbocycles. The van der Waals surface area contributed by atoms with Gasteiger partial charge in [-0.1, -0.05) is 51.9 Å². The van der Waals surface area contributed by atoms with E-state index in [-0.39, 0.29) is 0 Å². The normalized spacial score (nSPS) is 25.4. The Balaban J connectivity index is 1.75. The average Bonchev–Trinajstić information content (AvgIpc) is 2.87. The van der Waals surface area contributed by atoms with Gasteiger partial charge in [-0.15, -0.1) is 0 Å². The largest absolute Gasteiger partial charge is 0.308 e. The highest BCUT2D eigenvalue weighted by molar-refractivity contribution is 5.03. The molecule has 1 aliphatic heterocycles. The zero-order chi connectivity index (χ0) is 14.5. The monoisotopic (exact) mass is 280 g/mol. The summed E-state index contributed by atoms with van der Waals surface area (Å²) in [7, 11) is 0. The van der Waals surface area contributed by atoms with Gasteiger partial charge in [0.25, 0.3) is 0 Å². The third-order valence-electron chi connectivity index (χ3n) is 5.59. The van der Waals surface area contributed by atoms with Crippen LogP contribution in [0.5, 0.6) is 0 Å². The summed E-state index contributed by atoms with van der Waals surface area (Å²) >= 11 is 0. The Hall–Kier alpha value is -0.0800. The molecular weight excluding hydrogens is 244 g/mol. The lowest BCUT2D eigenvalue weighted by Crippen LogP contribution is -2.67. The van der Waals surface area contributed by atoms with Gasteiger partial charge in [-0.05, 0) is 39.7 Å². The van der Waals surface area contributed by atoms with Crippen LogP contribution in [0.4, 0.5) is 0 Å². The van der Waals surface area contributed by atoms with Crippen molar-refractivity contribution in [1.82, 2.24) is 10.2 Å². The molecule has 1 saturated carbocycles. The smallest absolute Gasteiger partial charge is 0.0309 e. The Morgan fingerprint density at radius 2 is 1.60 bits per heavy atom. The fraction of sp³-hybridized carbons (Fsp3) is 1.00. The van der Waals surface area contributed by atoms with E-state index in [0.29, 0.717) is 11.1 Å². The van der Waals surface area contributed by atoms with Gasteiger partial charge < -0.3 is 5.32 Å². The van der Waals surface area contributed by atoms with E-state index in [1.54, 1.807) is 0 Å². The summed E-state index contributed by atoms with van der Waals surface area (Å²) in [5, 5.41) is 3.89. The van der Waals surface area contributed by atoms with Gasteiger partial charge >= 0.3 is 0 Å². The molecule has 1 saturated heterocycles. The number of piperazine rings is 1. The first-order valence-electron chi connectivity index (χ1n) is 9.08. The van der Waals surface area contributed by atoms with Crippen LogP contribution in [0.2, 0.25) is 0 Å². The Morgan fingerprint density at radius 1 is 0.950 bits per heavy atom. The Labute approximate surface area is 126 Å². The molecule has 2 fully saturated rings. The first-order valence-corrected chi connectivity index (χ1v) is 9.08. The van der Waals surface area contributed by atoms with Gasteiger partial charge in [-0.3, -0.25) is 4.90 Å². The fourth-order valence-corrected chi connectivity index (χ4v) is 4.00. The Kier molecular flexibility index (Phi) is 5.92. The SMILES string of the molecule is CCCCCCCCN1CC2(CCCC2)NCC1(C)C. The lowest BCUT2D eigenvalue weighted by molar-refractivity contribution is 0.0270. The maximum absolute atomic E-state index is 3.89. The van der Waals surface area contributed by atoms with Gasteiger partial charge in [0.05, 0.1) is 0 Å². The lowest BCUT2D eigenvalue weighted by atomic mass is 9.87. The van der Waals surface area contributed by atoms with Crippen LogP contribution in [0.3, 0.4) is 0 Å². The van der Waals surface area contributed by atoms with E-state index in [9.17, 15) is 0 Å². The van der Waals surface area contributed by atoms with Crippen LogP contribution in [0, 0.1) is 0 Å². The summed E-state index contributed by atoms with van der Waals surface area (Å²) in [5.41, 5.74) is 0.814. The minimum Gasteiger partial charge on any atom is -0.308 e. The topological polar surface area (TPSA) is 15.3 Å². The van der Waals surface area contributed by atoms with Crippen molar-refractivity contribution in [2.24, 2.45) is 0 Å². The molecule has 0 radical (unpaired) electrons. The first kappa shape index (κ1) is 16.3. The van der Waals surface area contributed by atoms with Crippen LogP contribution < -0.4 is 5.32 Å². The van der Waals surface area contributed by atoms with E-state index in [1.165, 1.54) is 83.8 Å². The van der Waals surface area contributed by atoms with E-state index in [0.717, 1.165) is 0 Å². The summed E-state index contributed by atoms with van der Waals surface area (Å²) < 4.78 is 0.